The number of carbonyl (C=O) groups is 1. The van der Waals surface area contributed by atoms with Crippen molar-refractivity contribution in [2.24, 2.45) is 5.41 Å². The number of likely N-dealkylation sites (N-methyl/N-ethyl adjacent to an activating group) is 1. The lowest BCUT2D eigenvalue weighted by Gasteiger charge is -2.33. The number of hydrogen-bond donors (Lipinski definition) is 1. The number of rotatable bonds is 4. The summed E-state index contributed by atoms with van der Waals surface area (Å²) < 4.78 is 5.35. The molecule has 0 aromatic carbocycles. The Kier molecular flexibility index (Phi) is 4.81. The second kappa shape index (κ2) is 6.20. The van der Waals surface area contributed by atoms with E-state index in [4.69, 9.17) is 4.74 Å². The number of hydrogen-bond acceptors (Lipinski definition) is 4. The van der Waals surface area contributed by atoms with E-state index in [1.807, 2.05) is 14.1 Å². The normalized spacial score (nSPS) is 26.8. The molecule has 0 saturated carbocycles. The zero-order valence-electron chi connectivity index (χ0n) is 12.4. The van der Waals surface area contributed by atoms with Crippen LogP contribution < -0.4 is 5.32 Å². The molecule has 2 fully saturated rings. The highest BCUT2D eigenvalue weighted by Crippen LogP contribution is 2.41. The van der Waals surface area contributed by atoms with Crippen LogP contribution in [0.4, 0.5) is 0 Å². The van der Waals surface area contributed by atoms with E-state index in [2.05, 4.69) is 10.2 Å². The Morgan fingerprint density at radius 3 is 2.68 bits per heavy atom. The Morgan fingerprint density at radius 1 is 1.42 bits per heavy atom. The summed E-state index contributed by atoms with van der Waals surface area (Å²) in [6.07, 6.45) is 3.61. The van der Waals surface area contributed by atoms with E-state index in [1.165, 1.54) is 19.3 Å². The molecule has 1 spiro atoms. The van der Waals surface area contributed by atoms with E-state index in [1.54, 1.807) is 12.0 Å². The number of methoxy groups -OCH3 is 1. The minimum absolute atomic E-state index is 0.187. The molecule has 1 unspecified atom stereocenters. The van der Waals surface area contributed by atoms with E-state index in [-0.39, 0.29) is 5.91 Å². The van der Waals surface area contributed by atoms with Gasteiger partial charge < -0.3 is 15.0 Å². The molecule has 1 N–H and O–H groups in total. The molecule has 1 atom stereocenters. The Balaban J connectivity index is 2.01. The molecule has 2 saturated heterocycles. The Hall–Kier alpha value is -0.650. The van der Waals surface area contributed by atoms with Gasteiger partial charge in [0.05, 0.1) is 13.2 Å². The summed E-state index contributed by atoms with van der Waals surface area (Å²) in [6.45, 7) is 4.51. The molecule has 5 nitrogen and oxygen atoms in total. The van der Waals surface area contributed by atoms with Crippen LogP contribution in [0.5, 0.6) is 0 Å². The SMILES string of the molecule is COCC1CC2(CCNCC2)CN1CC(=O)N(C)C. The largest absolute Gasteiger partial charge is 0.383 e. The Bertz CT molecular complexity index is 314. The van der Waals surface area contributed by atoms with Crippen molar-refractivity contribution in [2.45, 2.75) is 25.3 Å². The highest BCUT2D eigenvalue weighted by molar-refractivity contribution is 5.77. The number of amides is 1. The predicted octanol–water partition coefficient (Wildman–Crippen LogP) is 0.165. The molecule has 0 aromatic rings. The fourth-order valence-corrected chi connectivity index (χ4v) is 3.43. The number of nitrogens with zero attached hydrogens (tertiary/aromatic N) is 2. The van der Waals surface area contributed by atoms with E-state index in [9.17, 15) is 4.79 Å². The standard InChI is InChI=1S/C14H27N3O2/c1-16(2)13(18)9-17-11-14(4-6-15-7-5-14)8-12(17)10-19-3/h12,15H,4-11H2,1-3H3. The first kappa shape index (κ1) is 14.8. The molecule has 2 heterocycles. The van der Waals surface area contributed by atoms with E-state index in [0.29, 0.717) is 18.0 Å². The van der Waals surface area contributed by atoms with Gasteiger partial charge in [0.1, 0.15) is 0 Å². The van der Waals surface area contributed by atoms with Crippen molar-refractivity contribution in [3.05, 3.63) is 0 Å². The van der Waals surface area contributed by atoms with Crippen molar-refractivity contribution in [1.82, 2.24) is 15.1 Å². The summed E-state index contributed by atoms with van der Waals surface area (Å²) in [6, 6.07) is 0.395. The molecule has 2 rings (SSSR count). The van der Waals surface area contributed by atoms with Crippen LogP contribution >= 0.6 is 0 Å². The minimum atomic E-state index is 0.187. The molecule has 2 aliphatic heterocycles. The average Bonchev–Trinajstić information content (AvgIpc) is 2.68. The molecular weight excluding hydrogens is 242 g/mol. The molecule has 19 heavy (non-hydrogen) atoms. The Labute approximate surface area is 116 Å². The first-order valence-electron chi connectivity index (χ1n) is 7.20. The van der Waals surface area contributed by atoms with Gasteiger partial charge >= 0.3 is 0 Å². The van der Waals surface area contributed by atoms with Crippen LogP contribution in [0.25, 0.3) is 0 Å². The van der Waals surface area contributed by atoms with Gasteiger partial charge in [0.25, 0.3) is 0 Å². The summed E-state index contributed by atoms with van der Waals surface area (Å²) in [5.74, 6) is 0.187. The lowest BCUT2D eigenvalue weighted by molar-refractivity contribution is -0.130. The third-order valence-corrected chi connectivity index (χ3v) is 4.58. The number of piperidine rings is 1. The molecule has 1 amide bonds. The van der Waals surface area contributed by atoms with Gasteiger partial charge in [-0.15, -0.1) is 0 Å². The van der Waals surface area contributed by atoms with Crippen molar-refractivity contribution >= 4 is 5.91 Å². The maximum atomic E-state index is 12.0. The summed E-state index contributed by atoms with van der Waals surface area (Å²) in [4.78, 5) is 16.0. The summed E-state index contributed by atoms with van der Waals surface area (Å²) in [7, 11) is 5.40. The number of likely N-dealkylation sites (tertiary alicyclic amines) is 1. The third-order valence-electron chi connectivity index (χ3n) is 4.58. The fraction of sp³-hybridized carbons (Fsp3) is 0.929. The number of carbonyl (C=O) groups excluding carboxylic acids is 1. The maximum Gasteiger partial charge on any atom is 0.236 e. The zero-order valence-corrected chi connectivity index (χ0v) is 12.4. The molecule has 0 radical (unpaired) electrons. The van der Waals surface area contributed by atoms with Crippen LogP contribution in [-0.2, 0) is 9.53 Å². The van der Waals surface area contributed by atoms with Crippen molar-refractivity contribution in [2.75, 3.05) is 54.0 Å². The molecule has 5 heteroatoms. The molecule has 2 aliphatic rings. The number of ether oxygens (including phenoxy) is 1. The van der Waals surface area contributed by atoms with Crippen LogP contribution in [0.15, 0.2) is 0 Å². The lowest BCUT2D eigenvalue weighted by Crippen LogP contribution is -2.42. The van der Waals surface area contributed by atoms with Gasteiger partial charge in [-0.2, -0.15) is 0 Å². The van der Waals surface area contributed by atoms with Gasteiger partial charge in [-0.25, -0.2) is 0 Å². The molecule has 0 aromatic heterocycles. The second-order valence-corrected chi connectivity index (χ2v) is 6.26. The van der Waals surface area contributed by atoms with Crippen molar-refractivity contribution in [3.8, 4) is 0 Å². The van der Waals surface area contributed by atoms with Crippen LogP contribution in [0.3, 0.4) is 0 Å². The summed E-state index contributed by atoms with van der Waals surface area (Å²) in [5.41, 5.74) is 0.404. The summed E-state index contributed by atoms with van der Waals surface area (Å²) in [5, 5.41) is 3.43. The molecule has 0 aliphatic carbocycles. The van der Waals surface area contributed by atoms with Crippen LogP contribution in [-0.4, -0.2) is 75.7 Å². The van der Waals surface area contributed by atoms with Gasteiger partial charge in [-0.3, -0.25) is 9.69 Å². The van der Waals surface area contributed by atoms with Crippen molar-refractivity contribution < 1.29 is 9.53 Å². The van der Waals surface area contributed by atoms with Gasteiger partial charge in [0.2, 0.25) is 5.91 Å². The maximum absolute atomic E-state index is 12.0. The monoisotopic (exact) mass is 269 g/mol. The van der Waals surface area contributed by atoms with E-state index < -0.39 is 0 Å². The van der Waals surface area contributed by atoms with E-state index in [0.717, 1.165) is 26.2 Å². The van der Waals surface area contributed by atoms with Gasteiger partial charge in [0.15, 0.2) is 0 Å². The first-order chi connectivity index (χ1) is 9.06. The average molecular weight is 269 g/mol. The van der Waals surface area contributed by atoms with Crippen LogP contribution in [0.2, 0.25) is 0 Å². The second-order valence-electron chi connectivity index (χ2n) is 6.26. The molecule has 0 bridgehead atoms. The van der Waals surface area contributed by atoms with Crippen molar-refractivity contribution in [3.63, 3.8) is 0 Å². The number of nitrogens with one attached hydrogen (secondary N) is 1. The van der Waals surface area contributed by atoms with Crippen LogP contribution in [0, 0.1) is 5.41 Å². The quantitative estimate of drug-likeness (QED) is 0.790. The van der Waals surface area contributed by atoms with E-state index >= 15 is 0 Å². The lowest BCUT2D eigenvalue weighted by atomic mass is 9.77. The topological polar surface area (TPSA) is 44.8 Å². The van der Waals surface area contributed by atoms with Crippen molar-refractivity contribution in [1.29, 1.82) is 0 Å². The van der Waals surface area contributed by atoms with Gasteiger partial charge in [-0.05, 0) is 37.8 Å². The van der Waals surface area contributed by atoms with Gasteiger partial charge in [-0.1, -0.05) is 0 Å². The Morgan fingerprint density at radius 2 is 2.11 bits per heavy atom. The van der Waals surface area contributed by atoms with Gasteiger partial charge in [0, 0.05) is 33.8 Å². The third kappa shape index (κ3) is 3.46. The van der Waals surface area contributed by atoms with Crippen LogP contribution in [0.1, 0.15) is 19.3 Å². The zero-order chi connectivity index (χ0) is 13.9. The highest BCUT2D eigenvalue weighted by Gasteiger charge is 2.44. The predicted molar refractivity (Wildman–Crippen MR) is 75.1 cm³/mol. The summed E-state index contributed by atoms with van der Waals surface area (Å²) >= 11 is 0. The fourth-order valence-electron chi connectivity index (χ4n) is 3.43. The smallest absolute Gasteiger partial charge is 0.236 e. The molecular formula is C14H27N3O2. The minimum Gasteiger partial charge on any atom is -0.383 e. The first-order valence-corrected chi connectivity index (χ1v) is 7.20. The highest BCUT2D eigenvalue weighted by atomic mass is 16.5. The molecule has 110 valence electrons.